The van der Waals surface area contributed by atoms with Gasteiger partial charge in [-0.3, -0.25) is 4.79 Å². The molecule has 1 unspecified atom stereocenters. The van der Waals surface area contributed by atoms with Gasteiger partial charge in [0.15, 0.2) is 0 Å². The molecule has 12 heteroatoms. The number of hydrogen-bond donors (Lipinski definition) is 1. The minimum absolute atomic E-state index is 0.0486. The largest absolute Gasteiger partial charge is 0.474 e. The molecule has 2 aromatic heterocycles. The summed E-state index contributed by atoms with van der Waals surface area (Å²) in [6.45, 7) is 2.20. The van der Waals surface area contributed by atoms with Crippen LogP contribution in [0.5, 0.6) is 5.88 Å². The number of nitrogens with zero attached hydrogens (tertiary/aromatic N) is 3. The van der Waals surface area contributed by atoms with Crippen molar-refractivity contribution in [3.05, 3.63) is 22.6 Å². The monoisotopic (exact) mass is 470 g/mol. The first kappa shape index (κ1) is 23.6. The lowest BCUT2D eigenvalue weighted by molar-refractivity contribution is -0.136. The average molecular weight is 470 g/mol. The van der Waals surface area contributed by atoms with Gasteiger partial charge in [-0.1, -0.05) is 0 Å². The number of amides is 2. The predicted octanol–water partition coefficient (Wildman–Crippen LogP) is 3.96. The summed E-state index contributed by atoms with van der Waals surface area (Å²) in [6.07, 6.45) is -5.34. The molecule has 1 aliphatic rings. The van der Waals surface area contributed by atoms with E-state index in [1.807, 2.05) is 6.07 Å². The van der Waals surface area contributed by atoms with E-state index >= 15 is 0 Å². The van der Waals surface area contributed by atoms with Crippen LogP contribution in [0.25, 0.3) is 10.2 Å². The van der Waals surface area contributed by atoms with E-state index < -0.39 is 35.9 Å². The lowest BCUT2D eigenvalue weighted by Crippen LogP contribution is -2.43. The second kappa shape index (κ2) is 9.60. The first-order valence-corrected chi connectivity index (χ1v) is 10.7. The van der Waals surface area contributed by atoms with E-state index in [9.17, 15) is 22.8 Å². The van der Waals surface area contributed by atoms with Crippen LogP contribution in [0.2, 0.25) is 0 Å². The molecule has 1 N–H and O–H groups in total. The van der Waals surface area contributed by atoms with Crippen molar-refractivity contribution in [3.8, 4) is 11.9 Å². The summed E-state index contributed by atoms with van der Waals surface area (Å²) in [5.41, 5.74) is -0.927. The van der Waals surface area contributed by atoms with Crippen LogP contribution >= 0.6 is 11.3 Å². The number of pyridine rings is 1. The topological polar surface area (TPSA) is 105 Å². The molecular formula is C20H21F3N4O4S. The Kier molecular flexibility index (Phi) is 7.08. The van der Waals surface area contributed by atoms with Gasteiger partial charge in [0, 0.05) is 44.4 Å². The summed E-state index contributed by atoms with van der Waals surface area (Å²) in [6, 6.07) is 2.77. The highest BCUT2D eigenvalue weighted by molar-refractivity contribution is 7.17. The summed E-state index contributed by atoms with van der Waals surface area (Å²) in [7, 11) is 1.39. The Morgan fingerprint density at radius 1 is 1.41 bits per heavy atom. The Bertz CT molecular complexity index is 1040. The second-order valence-corrected chi connectivity index (χ2v) is 8.15. The van der Waals surface area contributed by atoms with Crippen molar-refractivity contribution in [2.75, 3.05) is 20.1 Å². The fourth-order valence-electron chi connectivity index (χ4n) is 3.30. The smallest absolute Gasteiger partial charge is 0.418 e. The number of carbonyl (C=O) groups is 2. The van der Waals surface area contributed by atoms with E-state index in [4.69, 9.17) is 14.7 Å². The molecule has 0 spiro atoms. The van der Waals surface area contributed by atoms with Gasteiger partial charge >= 0.3 is 12.3 Å². The number of ether oxygens (including phenoxy) is 2. The minimum atomic E-state index is -4.64. The molecule has 0 saturated carbocycles. The zero-order valence-electron chi connectivity index (χ0n) is 17.4. The number of hydrogen-bond acceptors (Lipinski definition) is 7. The SMILES string of the molecule is CNC(=O)c1csc2c(C(F)(F)F)cc(OC3CCN(C(=O)OC(C)CC#N)CC3)nc12. The van der Waals surface area contributed by atoms with Gasteiger partial charge in [0.1, 0.15) is 12.2 Å². The Morgan fingerprint density at radius 3 is 2.69 bits per heavy atom. The molecule has 1 atom stereocenters. The molecule has 172 valence electrons. The van der Waals surface area contributed by atoms with Gasteiger partial charge in [-0.05, 0) is 6.92 Å². The zero-order valence-corrected chi connectivity index (χ0v) is 18.2. The highest BCUT2D eigenvalue weighted by Crippen LogP contribution is 2.40. The molecule has 2 amide bonds. The summed E-state index contributed by atoms with van der Waals surface area (Å²) >= 11 is 0.801. The molecule has 1 saturated heterocycles. The molecule has 0 bridgehead atoms. The van der Waals surface area contributed by atoms with Crippen molar-refractivity contribution in [1.82, 2.24) is 15.2 Å². The highest BCUT2D eigenvalue weighted by Gasteiger charge is 2.36. The van der Waals surface area contributed by atoms with Gasteiger partial charge in [-0.25, -0.2) is 9.78 Å². The maximum Gasteiger partial charge on any atom is 0.418 e. The number of piperidine rings is 1. The van der Waals surface area contributed by atoms with Crippen LogP contribution in [0, 0.1) is 11.3 Å². The molecule has 0 aromatic carbocycles. The third kappa shape index (κ3) is 5.21. The number of carbonyl (C=O) groups excluding carboxylic acids is 2. The van der Waals surface area contributed by atoms with Crippen molar-refractivity contribution in [1.29, 1.82) is 5.26 Å². The van der Waals surface area contributed by atoms with Crippen LogP contribution in [0.4, 0.5) is 18.0 Å². The van der Waals surface area contributed by atoms with E-state index in [-0.39, 0.29) is 28.1 Å². The van der Waals surface area contributed by atoms with Crippen molar-refractivity contribution in [2.24, 2.45) is 0 Å². The number of alkyl halides is 3. The highest BCUT2D eigenvalue weighted by atomic mass is 32.1. The predicted molar refractivity (Wildman–Crippen MR) is 109 cm³/mol. The molecular weight excluding hydrogens is 449 g/mol. The molecule has 0 aliphatic carbocycles. The van der Waals surface area contributed by atoms with Crippen LogP contribution in [0.15, 0.2) is 11.4 Å². The fourth-order valence-corrected chi connectivity index (χ4v) is 4.32. The third-order valence-corrected chi connectivity index (χ3v) is 5.95. The summed E-state index contributed by atoms with van der Waals surface area (Å²) < 4.78 is 51.6. The Morgan fingerprint density at radius 2 is 2.09 bits per heavy atom. The number of halogens is 3. The van der Waals surface area contributed by atoms with Crippen molar-refractivity contribution < 1.29 is 32.2 Å². The van der Waals surface area contributed by atoms with Crippen LogP contribution in [-0.2, 0) is 10.9 Å². The van der Waals surface area contributed by atoms with Gasteiger partial charge in [0.05, 0.1) is 33.8 Å². The standard InChI is InChI=1S/C20H21F3N4O4S/c1-11(3-6-24)30-19(29)27-7-4-12(5-8-27)31-15-9-14(20(21,22)23)17-16(26-15)13(10-32-17)18(28)25-2/h9-12H,3-5,7-8H2,1-2H3,(H,25,28). The first-order valence-electron chi connectivity index (χ1n) is 9.84. The molecule has 32 heavy (non-hydrogen) atoms. The number of likely N-dealkylation sites (tertiary alicyclic amines) is 1. The molecule has 3 rings (SSSR count). The molecule has 3 heterocycles. The summed E-state index contributed by atoms with van der Waals surface area (Å²) in [5.74, 6) is -0.761. The number of rotatable bonds is 5. The number of nitrogens with one attached hydrogen (secondary N) is 1. The number of aromatic nitrogens is 1. The Hall–Kier alpha value is -3.07. The third-order valence-electron chi connectivity index (χ3n) is 4.94. The summed E-state index contributed by atoms with van der Waals surface area (Å²) in [5, 5.41) is 12.4. The number of nitriles is 1. The fraction of sp³-hybridized carbons (Fsp3) is 0.500. The van der Waals surface area contributed by atoms with Gasteiger partial charge in [-0.2, -0.15) is 18.4 Å². The quantitative estimate of drug-likeness (QED) is 0.710. The van der Waals surface area contributed by atoms with Crippen LogP contribution < -0.4 is 10.1 Å². The van der Waals surface area contributed by atoms with Gasteiger partial charge in [0.2, 0.25) is 5.88 Å². The van der Waals surface area contributed by atoms with Gasteiger partial charge in [-0.15, -0.1) is 11.3 Å². The molecule has 8 nitrogen and oxygen atoms in total. The second-order valence-electron chi connectivity index (χ2n) is 7.27. The van der Waals surface area contributed by atoms with E-state index in [1.165, 1.54) is 17.3 Å². The van der Waals surface area contributed by atoms with E-state index in [0.717, 1.165) is 17.4 Å². The average Bonchev–Trinajstić information content (AvgIpc) is 3.16. The number of thiophene rings is 1. The normalized spacial score (nSPS) is 15.8. The van der Waals surface area contributed by atoms with E-state index in [1.54, 1.807) is 6.92 Å². The van der Waals surface area contributed by atoms with Crippen LogP contribution in [0.1, 0.15) is 42.1 Å². The lowest BCUT2D eigenvalue weighted by Gasteiger charge is -2.32. The van der Waals surface area contributed by atoms with Crippen LogP contribution in [0.3, 0.4) is 0 Å². The molecule has 1 aliphatic heterocycles. The molecule has 2 aromatic rings. The number of fused-ring (bicyclic) bond motifs is 1. The first-order chi connectivity index (χ1) is 15.1. The van der Waals surface area contributed by atoms with E-state index in [0.29, 0.717) is 25.9 Å². The van der Waals surface area contributed by atoms with Crippen molar-refractivity contribution in [2.45, 2.75) is 44.6 Å². The minimum Gasteiger partial charge on any atom is -0.474 e. The maximum absolute atomic E-state index is 13.6. The van der Waals surface area contributed by atoms with Crippen LogP contribution in [-0.4, -0.2) is 54.2 Å². The molecule has 1 fully saturated rings. The van der Waals surface area contributed by atoms with Gasteiger partial charge in [0.25, 0.3) is 5.91 Å². The van der Waals surface area contributed by atoms with Crippen molar-refractivity contribution >= 4 is 33.6 Å². The zero-order chi connectivity index (χ0) is 23.5. The van der Waals surface area contributed by atoms with Crippen molar-refractivity contribution in [3.63, 3.8) is 0 Å². The Balaban J connectivity index is 1.75. The summed E-state index contributed by atoms with van der Waals surface area (Å²) in [4.78, 5) is 29.8. The molecule has 0 radical (unpaired) electrons. The maximum atomic E-state index is 13.6. The Labute approximate surface area is 185 Å². The van der Waals surface area contributed by atoms with Gasteiger partial charge < -0.3 is 19.7 Å². The lowest BCUT2D eigenvalue weighted by atomic mass is 10.1. The van der Waals surface area contributed by atoms with E-state index in [2.05, 4.69) is 10.3 Å².